The Morgan fingerprint density at radius 2 is 2.20 bits per heavy atom. The molecular formula is C14H8IN3OS. The van der Waals surface area contributed by atoms with Gasteiger partial charge in [0.05, 0.1) is 15.9 Å². The molecule has 0 saturated heterocycles. The molecule has 0 aliphatic carbocycles. The number of hydrogen-bond donors (Lipinski definition) is 1. The lowest BCUT2D eigenvalue weighted by Gasteiger charge is -1.93. The molecule has 2 aromatic heterocycles. The molecule has 0 radical (unpaired) electrons. The molecule has 20 heavy (non-hydrogen) atoms. The maximum Gasteiger partial charge on any atom is 0.171 e. The summed E-state index contributed by atoms with van der Waals surface area (Å²) in [5.41, 5.74) is 1.85. The van der Waals surface area contributed by atoms with Crippen LogP contribution in [-0.4, -0.2) is 9.97 Å². The highest BCUT2D eigenvalue weighted by atomic mass is 127. The Kier molecular flexibility index (Phi) is 3.80. The fourth-order valence-corrected chi connectivity index (χ4v) is 2.87. The molecule has 0 fully saturated rings. The van der Waals surface area contributed by atoms with E-state index in [-0.39, 0.29) is 0 Å². The summed E-state index contributed by atoms with van der Waals surface area (Å²) in [5, 5.41) is 9.90. The van der Waals surface area contributed by atoms with E-state index >= 15 is 0 Å². The van der Waals surface area contributed by atoms with Crippen molar-refractivity contribution in [3.8, 4) is 6.07 Å². The summed E-state index contributed by atoms with van der Waals surface area (Å²) < 4.78 is 6.22. The molecule has 0 unspecified atom stereocenters. The van der Waals surface area contributed by atoms with Crippen LogP contribution in [0.2, 0.25) is 0 Å². The Balaban J connectivity index is 1.88. The summed E-state index contributed by atoms with van der Waals surface area (Å²) in [6.07, 6.45) is 1.71. The highest BCUT2D eigenvalue weighted by Gasteiger charge is 2.07. The standard InChI is InChI=1S/C14H8IN3OS/c15-13-6-5-9(19-13)7-10(8-16)20-14-17-11-3-1-2-4-12(11)18-14/h1-7H,(H,17,18)/b10-7+. The molecule has 0 saturated carbocycles. The number of fused-ring (bicyclic) bond motifs is 1. The lowest BCUT2D eigenvalue weighted by atomic mass is 10.3. The molecule has 0 spiro atoms. The van der Waals surface area contributed by atoms with Gasteiger partial charge in [-0.2, -0.15) is 5.26 Å². The van der Waals surface area contributed by atoms with Crippen LogP contribution in [0.25, 0.3) is 17.1 Å². The largest absolute Gasteiger partial charge is 0.451 e. The Labute approximate surface area is 133 Å². The average Bonchev–Trinajstić information content (AvgIpc) is 3.03. The number of furan rings is 1. The van der Waals surface area contributed by atoms with Gasteiger partial charge in [0, 0.05) is 6.08 Å². The average molecular weight is 393 g/mol. The molecule has 98 valence electrons. The van der Waals surface area contributed by atoms with Gasteiger partial charge in [-0.25, -0.2) is 4.98 Å². The van der Waals surface area contributed by atoms with Crippen molar-refractivity contribution in [2.75, 3.05) is 0 Å². The maximum absolute atomic E-state index is 9.21. The molecule has 2 heterocycles. The number of thioether (sulfide) groups is 1. The van der Waals surface area contributed by atoms with Crippen LogP contribution in [0.15, 0.2) is 50.9 Å². The molecule has 3 rings (SSSR count). The Morgan fingerprint density at radius 1 is 1.35 bits per heavy atom. The van der Waals surface area contributed by atoms with Gasteiger partial charge < -0.3 is 9.40 Å². The number of hydrogen-bond acceptors (Lipinski definition) is 4. The third-order valence-corrected chi connectivity index (χ3v) is 3.95. The van der Waals surface area contributed by atoms with E-state index in [1.54, 1.807) is 6.08 Å². The van der Waals surface area contributed by atoms with Gasteiger partial charge in [-0.3, -0.25) is 0 Å². The van der Waals surface area contributed by atoms with Crippen molar-refractivity contribution in [3.63, 3.8) is 0 Å². The molecule has 0 bridgehead atoms. The number of H-pyrrole nitrogens is 1. The summed E-state index contributed by atoms with van der Waals surface area (Å²) in [6.45, 7) is 0. The SMILES string of the molecule is N#C/C(=C\c1ccc(I)o1)Sc1nc2ccccc2[nH]1. The first-order valence-corrected chi connectivity index (χ1v) is 7.64. The number of nitrogens with zero attached hydrogens (tertiary/aromatic N) is 2. The van der Waals surface area contributed by atoms with Gasteiger partial charge in [-0.15, -0.1) is 0 Å². The predicted molar refractivity (Wildman–Crippen MR) is 87.0 cm³/mol. The number of benzene rings is 1. The van der Waals surface area contributed by atoms with Crippen LogP contribution < -0.4 is 0 Å². The number of imidazole rings is 1. The minimum Gasteiger partial charge on any atom is -0.451 e. The van der Waals surface area contributed by atoms with Crippen LogP contribution in [-0.2, 0) is 0 Å². The van der Waals surface area contributed by atoms with E-state index in [0.717, 1.165) is 14.8 Å². The molecule has 0 amide bonds. The lowest BCUT2D eigenvalue weighted by molar-refractivity contribution is 0.528. The van der Waals surface area contributed by atoms with Crippen molar-refractivity contribution in [1.29, 1.82) is 5.26 Å². The normalized spacial score (nSPS) is 11.7. The Morgan fingerprint density at radius 3 is 2.90 bits per heavy atom. The topological polar surface area (TPSA) is 65.6 Å². The highest BCUT2D eigenvalue weighted by molar-refractivity contribution is 14.1. The quantitative estimate of drug-likeness (QED) is 0.407. The molecule has 0 atom stereocenters. The fourth-order valence-electron chi connectivity index (χ4n) is 1.70. The van der Waals surface area contributed by atoms with Crippen molar-refractivity contribution >= 4 is 51.5 Å². The van der Waals surface area contributed by atoms with E-state index in [9.17, 15) is 5.26 Å². The Hall–Kier alpha value is -1.72. The van der Waals surface area contributed by atoms with Gasteiger partial charge >= 0.3 is 0 Å². The molecule has 1 N–H and O–H groups in total. The Bertz CT molecular complexity index is 795. The number of para-hydroxylation sites is 2. The van der Waals surface area contributed by atoms with Gasteiger partial charge in [0.25, 0.3) is 0 Å². The molecule has 0 aliphatic rings. The van der Waals surface area contributed by atoms with Crippen LogP contribution >= 0.6 is 34.4 Å². The second-order valence-corrected chi connectivity index (χ2v) is 6.02. The molecule has 1 aromatic carbocycles. The van der Waals surface area contributed by atoms with Gasteiger partial charge in [-0.05, 0) is 58.6 Å². The summed E-state index contributed by atoms with van der Waals surface area (Å²) >= 11 is 3.38. The number of aromatic nitrogens is 2. The smallest absolute Gasteiger partial charge is 0.171 e. The summed E-state index contributed by atoms with van der Waals surface area (Å²) in [5.74, 6) is 0.662. The number of nitrogens with one attached hydrogen (secondary N) is 1. The van der Waals surface area contributed by atoms with E-state index < -0.39 is 0 Å². The number of nitriles is 1. The van der Waals surface area contributed by atoms with Gasteiger partial charge in [0.1, 0.15) is 11.8 Å². The van der Waals surface area contributed by atoms with Crippen molar-refractivity contribution < 1.29 is 4.42 Å². The van der Waals surface area contributed by atoms with Crippen LogP contribution in [0.4, 0.5) is 0 Å². The zero-order chi connectivity index (χ0) is 13.9. The molecule has 3 aromatic rings. The molecular weight excluding hydrogens is 385 g/mol. The molecule has 4 nitrogen and oxygen atoms in total. The third kappa shape index (κ3) is 2.89. The van der Waals surface area contributed by atoms with Crippen LogP contribution in [0.1, 0.15) is 5.76 Å². The maximum atomic E-state index is 9.21. The lowest BCUT2D eigenvalue weighted by Crippen LogP contribution is -1.76. The zero-order valence-corrected chi connectivity index (χ0v) is 13.1. The highest BCUT2D eigenvalue weighted by Crippen LogP contribution is 2.27. The van der Waals surface area contributed by atoms with Crippen molar-refractivity contribution in [1.82, 2.24) is 9.97 Å². The van der Waals surface area contributed by atoms with Crippen LogP contribution in [0.3, 0.4) is 0 Å². The number of halogens is 1. The zero-order valence-electron chi connectivity index (χ0n) is 10.1. The number of aromatic amines is 1. The number of allylic oxidation sites excluding steroid dienone is 1. The first-order valence-electron chi connectivity index (χ1n) is 5.74. The summed E-state index contributed by atoms with van der Waals surface area (Å²) in [7, 11) is 0. The van der Waals surface area contributed by atoms with Crippen molar-refractivity contribution in [3.05, 3.63) is 50.8 Å². The van der Waals surface area contributed by atoms with Crippen molar-refractivity contribution in [2.45, 2.75) is 5.16 Å². The second kappa shape index (κ2) is 5.73. The second-order valence-electron chi connectivity index (χ2n) is 3.92. The first-order chi connectivity index (χ1) is 9.74. The van der Waals surface area contributed by atoms with Crippen molar-refractivity contribution in [2.24, 2.45) is 0 Å². The summed E-state index contributed by atoms with van der Waals surface area (Å²) in [4.78, 5) is 8.13. The summed E-state index contributed by atoms with van der Waals surface area (Å²) in [6, 6.07) is 13.6. The molecule has 0 aliphatic heterocycles. The van der Waals surface area contributed by atoms with E-state index in [4.69, 9.17) is 4.42 Å². The minimum atomic E-state index is 0.523. The third-order valence-electron chi connectivity index (χ3n) is 2.55. The van der Waals surface area contributed by atoms with E-state index in [0.29, 0.717) is 15.8 Å². The monoisotopic (exact) mass is 393 g/mol. The van der Waals surface area contributed by atoms with E-state index in [2.05, 4.69) is 38.6 Å². The number of rotatable bonds is 3. The van der Waals surface area contributed by atoms with Crippen LogP contribution in [0, 0.1) is 15.1 Å². The fraction of sp³-hybridized carbons (Fsp3) is 0. The van der Waals surface area contributed by atoms with Gasteiger partial charge in [-0.1, -0.05) is 12.1 Å². The van der Waals surface area contributed by atoms with E-state index in [1.165, 1.54) is 11.8 Å². The van der Waals surface area contributed by atoms with Gasteiger partial charge in [0.15, 0.2) is 8.92 Å². The minimum absolute atomic E-state index is 0.523. The van der Waals surface area contributed by atoms with E-state index in [1.807, 2.05) is 36.4 Å². The van der Waals surface area contributed by atoms with Gasteiger partial charge in [0.2, 0.25) is 0 Å². The first kappa shape index (κ1) is 13.3. The predicted octanol–water partition coefficient (Wildman–Crippen LogP) is 4.42. The van der Waals surface area contributed by atoms with Crippen LogP contribution in [0.5, 0.6) is 0 Å². The molecule has 6 heteroatoms.